The van der Waals surface area contributed by atoms with Crippen LogP contribution in [0.3, 0.4) is 0 Å². The van der Waals surface area contributed by atoms with E-state index >= 15 is 0 Å². The molecule has 5 heteroatoms. The fraction of sp³-hybridized carbons (Fsp3) is 0.250. The number of methoxy groups -OCH3 is 1. The van der Waals surface area contributed by atoms with Crippen LogP contribution in [-0.4, -0.2) is 24.8 Å². The third-order valence-corrected chi connectivity index (χ3v) is 4.17. The van der Waals surface area contributed by atoms with E-state index in [9.17, 15) is 9.90 Å². The molecule has 0 saturated carbocycles. The number of ether oxygens (including phenoxy) is 2. The number of phenols is 1. The predicted molar refractivity (Wildman–Crippen MR) is 94.3 cm³/mol. The van der Waals surface area contributed by atoms with Crippen molar-refractivity contribution in [3.05, 3.63) is 59.4 Å². The number of aromatic hydroxyl groups is 1. The van der Waals surface area contributed by atoms with E-state index < -0.39 is 5.92 Å². The van der Waals surface area contributed by atoms with E-state index in [2.05, 4.69) is 0 Å². The summed E-state index contributed by atoms with van der Waals surface area (Å²) in [6, 6.07) is 10.7. The zero-order valence-corrected chi connectivity index (χ0v) is 14.4. The Morgan fingerprint density at radius 1 is 1.24 bits per heavy atom. The van der Waals surface area contributed by atoms with E-state index in [-0.39, 0.29) is 23.9 Å². The number of benzene rings is 2. The van der Waals surface area contributed by atoms with Crippen molar-refractivity contribution in [1.82, 2.24) is 0 Å². The average Bonchev–Trinajstić information content (AvgIpc) is 3.05. The fourth-order valence-electron chi connectivity index (χ4n) is 2.84. The Morgan fingerprint density at radius 2 is 2.04 bits per heavy atom. The summed E-state index contributed by atoms with van der Waals surface area (Å²) in [4.78, 5) is 13.0. The molecule has 0 aliphatic rings. The number of carbonyl (C=O) groups excluding carboxylic acids is 1. The second-order valence-electron chi connectivity index (χ2n) is 6.01. The Hall–Kier alpha value is -2.79. The van der Waals surface area contributed by atoms with Gasteiger partial charge in [-0.1, -0.05) is 13.0 Å². The van der Waals surface area contributed by atoms with Crippen molar-refractivity contribution in [1.29, 1.82) is 0 Å². The molecule has 1 unspecified atom stereocenters. The number of hydrogen-bond acceptors (Lipinski definition) is 5. The maximum Gasteiger partial charge on any atom is 0.188 e. The molecule has 0 fully saturated rings. The summed E-state index contributed by atoms with van der Waals surface area (Å²) < 4.78 is 15.7. The van der Waals surface area contributed by atoms with Gasteiger partial charge in [-0.25, -0.2) is 0 Å². The minimum absolute atomic E-state index is 0.00146. The molecule has 1 atom stereocenters. The molecule has 1 aromatic heterocycles. The van der Waals surface area contributed by atoms with Crippen molar-refractivity contribution >= 4 is 16.8 Å². The number of hydrogen-bond donors (Lipinski definition) is 1. The van der Waals surface area contributed by atoms with Crippen LogP contribution >= 0.6 is 0 Å². The molecule has 3 rings (SSSR count). The molecule has 5 nitrogen and oxygen atoms in total. The molecule has 0 bridgehead atoms. The Kier molecular flexibility index (Phi) is 4.76. The zero-order chi connectivity index (χ0) is 18.0. The number of carbonyl (C=O) groups is 1. The van der Waals surface area contributed by atoms with Gasteiger partial charge >= 0.3 is 0 Å². The van der Waals surface area contributed by atoms with Gasteiger partial charge in [-0.2, -0.15) is 0 Å². The van der Waals surface area contributed by atoms with Gasteiger partial charge in [0.15, 0.2) is 12.6 Å². The molecule has 1 N–H and O–H groups in total. The first kappa shape index (κ1) is 17.0. The van der Waals surface area contributed by atoms with Crippen LogP contribution in [0, 0.1) is 6.92 Å². The summed E-state index contributed by atoms with van der Waals surface area (Å²) >= 11 is 0. The van der Waals surface area contributed by atoms with Gasteiger partial charge in [-0.3, -0.25) is 4.79 Å². The highest BCUT2D eigenvalue weighted by atomic mass is 16.7. The van der Waals surface area contributed by atoms with Crippen LogP contribution in [-0.2, 0) is 4.74 Å². The second kappa shape index (κ2) is 6.99. The van der Waals surface area contributed by atoms with E-state index in [1.54, 1.807) is 18.4 Å². The van der Waals surface area contributed by atoms with Gasteiger partial charge in [0, 0.05) is 18.4 Å². The molecule has 130 valence electrons. The summed E-state index contributed by atoms with van der Waals surface area (Å²) in [7, 11) is 1.50. The average molecular weight is 340 g/mol. The normalized spacial score (nSPS) is 12.3. The number of ketones is 1. The van der Waals surface area contributed by atoms with Crippen molar-refractivity contribution in [3.8, 4) is 11.5 Å². The molecule has 2 aromatic carbocycles. The maximum atomic E-state index is 13.0. The van der Waals surface area contributed by atoms with Crippen LogP contribution in [0.25, 0.3) is 11.0 Å². The highest BCUT2D eigenvalue weighted by Crippen LogP contribution is 2.35. The van der Waals surface area contributed by atoms with Gasteiger partial charge in [0.05, 0.1) is 6.26 Å². The first-order chi connectivity index (χ1) is 12.0. The number of rotatable bonds is 6. The standard InChI is InChI=1S/C20H20O5/c1-12-8-16(21)19(18(9-12)25-11-23-3)20(22)13(2)14-4-5-17-15(10-14)6-7-24-17/h4-10,13,21H,11H2,1-3H3. The lowest BCUT2D eigenvalue weighted by Crippen LogP contribution is -2.13. The van der Waals surface area contributed by atoms with Gasteiger partial charge < -0.3 is 19.0 Å². The van der Waals surface area contributed by atoms with Gasteiger partial charge in [-0.15, -0.1) is 0 Å². The molecule has 0 amide bonds. The van der Waals surface area contributed by atoms with E-state index in [1.165, 1.54) is 7.11 Å². The third kappa shape index (κ3) is 3.37. The molecule has 0 saturated heterocycles. The van der Waals surface area contributed by atoms with Gasteiger partial charge in [0.1, 0.15) is 22.6 Å². The van der Waals surface area contributed by atoms with Crippen molar-refractivity contribution < 1.29 is 23.8 Å². The Bertz CT molecular complexity index is 910. The van der Waals surface area contributed by atoms with Crippen molar-refractivity contribution in [2.24, 2.45) is 0 Å². The minimum Gasteiger partial charge on any atom is -0.507 e. The van der Waals surface area contributed by atoms with Crippen LogP contribution in [0.15, 0.2) is 47.1 Å². The molecule has 1 heterocycles. The molecular weight excluding hydrogens is 320 g/mol. The summed E-state index contributed by atoms with van der Waals surface area (Å²) in [5.41, 5.74) is 2.58. The molecule has 3 aromatic rings. The number of fused-ring (bicyclic) bond motifs is 1. The second-order valence-corrected chi connectivity index (χ2v) is 6.01. The lowest BCUT2D eigenvalue weighted by molar-refractivity contribution is 0.0499. The molecule has 25 heavy (non-hydrogen) atoms. The van der Waals surface area contributed by atoms with E-state index in [0.717, 1.165) is 22.1 Å². The first-order valence-corrected chi connectivity index (χ1v) is 7.98. The Morgan fingerprint density at radius 3 is 2.80 bits per heavy atom. The van der Waals surface area contributed by atoms with Gasteiger partial charge in [0.25, 0.3) is 0 Å². The number of Topliss-reactive ketones (excluding diaryl/α,β-unsaturated/α-hetero) is 1. The topological polar surface area (TPSA) is 68.9 Å². The van der Waals surface area contributed by atoms with E-state index in [0.29, 0.717) is 5.75 Å². The minimum atomic E-state index is -0.446. The third-order valence-electron chi connectivity index (χ3n) is 4.17. The predicted octanol–water partition coefficient (Wildman–Crippen LogP) is 4.42. The fourth-order valence-corrected chi connectivity index (χ4v) is 2.84. The van der Waals surface area contributed by atoms with E-state index in [4.69, 9.17) is 13.9 Å². The van der Waals surface area contributed by atoms with Crippen LogP contribution in [0.1, 0.15) is 34.3 Å². The molecular formula is C20H20O5. The lowest BCUT2D eigenvalue weighted by atomic mass is 9.90. The molecule has 0 aliphatic heterocycles. The van der Waals surface area contributed by atoms with Crippen molar-refractivity contribution in [2.75, 3.05) is 13.9 Å². The summed E-state index contributed by atoms with van der Waals surface area (Å²) in [5, 5.41) is 11.3. The van der Waals surface area contributed by atoms with Gasteiger partial charge in [0.2, 0.25) is 0 Å². The lowest BCUT2D eigenvalue weighted by Gasteiger charge is -2.16. The van der Waals surface area contributed by atoms with Crippen molar-refractivity contribution in [3.63, 3.8) is 0 Å². The van der Waals surface area contributed by atoms with Crippen LogP contribution in [0.2, 0.25) is 0 Å². The van der Waals surface area contributed by atoms with Crippen LogP contribution in [0.5, 0.6) is 11.5 Å². The number of aryl methyl sites for hydroxylation is 1. The molecule has 0 radical (unpaired) electrons. The van der Waals surface area contributed by atoms with Crippen LogP contribution < -0.4 is 4.74 Å². The Balaban J connectivity index is 1.98. The monoisotopic (exact) mass is 340 g/mol. The van der Waals surface area contributed by atoms with Crippen LogP contribution in [0.4, 0.5) is 0 Å². The quantitative estimate of drug-likeness (QED) is 0.531. The maximum absolute atomic E-state index is 13.0. The first-order valence-electron chi connectivity index (χ1n) is 7.98. The highest BCUT2D eigenvalue weighted by molar-refractivity contribution is 6.05. The van der Waals surface area contributed by atoms with E-state index in [1.807, 2.05) is 38.1 Å². The Labute approximate surface area is 145 Å². The highest BCUT2D eigenvalue weighted by Gasteiger charge is 2.25. The zero-order valence-electron chi connectivity index (χ0n) is 14.4. The molecule has 0 aliphatic carbocycles. The summed E-state index contributed by atoms with van der Waals surface area (Å²) in [6.45, 7) is 3.63. The number of phenolic OH excluding ortho intramolecular Hbond substituents is 1. The molecule has 0 spiro atoms. The smallest absolute Gasteiger partial charge is 0.188 e. The van der Waals surface area contributed by atoms with Gasteiger partial charge in [-0.05, 0) is 48.4 Å². The number of furan rings is 1. The summed E-state index contributed by atoms with van der Waals surface area (Å²) in [6.07, 6.45) is 1.61. The largest absolute Gasteiger partial charge is 0.507 e. The SMILES string of the molecule is COCOc1cc(C)cc(O)c1C(=O)C(C)c1ccc2occc2c1. The summed E-state index contributed by atoms with van der Waals surface area (Å²) in [5.74, 6) is -0.433. The van der Waals surface area contributed by atoms with Crippen molar-refractivity contribution in [2.45, 2.75) is 19.8 Å².